The van der Waals surface area contributed by atoms with Gasteiger partial charge in [0.15, 0.2) is 0 Å². The molecule has 3 aromatic carbocycles. The zero-order valence-corrected chi connectivity index (χ0v) is 16.9. The van der Waals surface area contributed by atoms with Gasteiger partial charge in [0.2, 0.25) is 0 Å². The summed E-state index contributed by atoms with van der Waals surface area (Å²) < 4.78 is 5.91. The normalized spacial score (nSPS) is 12.2. The maximum Gasteiger partial charge on any atom is 0.257 e. The molecule has 0 saturated heterocycles. The van der Waals surface area contributed by atoms with E-state index in [1.807, 2.05) is 80.6 Å². The molecule has 0 aromatic heterocycles. The highest BCUT2D eigenvalue weighted by molar-refractivity contribution is 5.91. The number of hydrogen-bond acceptors (Lipinski definition) is 4. The number of hydrogen-bond donors (Lipinski definition) is 3. The SMILES string of the molecule is Cc1ccc(NCC(=O)NNC(=O)C2c3ccccc3Oc3ccccc32)c(C)c1. The van der Waals surface area contributed by atoms with Gasteiger partial charge in [0.05, 0.1) is 12.5 Å². The minimum atomic E-state index is -0.571. The highest BCUT2D eigenvalue weighted by Gasteiger charge is 2.32. The molecule has 0 fully saturated rings. The molecule has 1 aliphatic heterocycles. The van der Waals surface area contributed by atoms with Crippen LogP contribution in [0, 0.1) is 13.8 Å². The number of amides is 2. The zero-order valence-electron chi connectivity index (χ0n) is 16.9. The fourth-order valence-corrected chi connectivity index (χ4v) is 3.63. The van der Waals surface area contributed by atoms with Crippen LogP contribution in [0.4, 0.5) is 5.69 Å². The van der Waals surface area contributed by atoms with Crippen LogP contribution in [0.5, 0.6) is 11.5 Å². The lowest BCUT2D eigenvalue weighted by atomic mass is 9.87. The summed E-state index contributed by atoms with van der Waals surface area (Å²) >= 11 is 0. The Hall–Kier alpha value is -3.80. The second-order valence-electron chi connectivity index (χ2n) is 7.32. The minimum absolute atomic E-state index is 0.0468. The number of carbonyl (C=O) groups excluding carboxylic acids is 2. The Morgan fingerprint density at radius 3 is 2.13 bits per heavy atom. The van der Waals surface area contributed by atoms with Gasteiger partial charge in [0, 0.05) is 16.8 Å². The summed E-state index contributed by atoms with van der Waals surface area (Å²) in [4.78, 5) is 25.3. The standard InChI is InChI=1S/C24H23N3O3/c1-15-11-12-19(16(2)13-15)25-14-22(28)26-27-24(29)23-17-7-3-5-9-20(17)30-21-10-6-4-8-18(21)23/h3-13,23,25H,14H2,1-2H3,(H,26,28)(H,27,29). The van der Waals surface area contributed by atoms with Gasteiger partial charge in [-0.1, -0.05) is 54.1 Å². The predicted octanol–water partition coefficient (Wildman–Crippen LogP) is 3.80. The molecule has 4 rings (SSSR count). The maximum atomic E-state index is 13.0. The first kappa shape index (κ1) is 19.5. The first-order valence-electron chi connectivity index (χ1n) is 9.78. The molecule has 1 aliphatic rings. The molecule has 0 unspecified atom stereocenters. The number of para-hydroxylation sites is 2. The molecule has 0 bridgehead atoms. The molecule has 0 saturated carbocycles. The van der Waals surface area contributed by atoms with Crippen molar-refractivity contribution in [3.8, 4) is 11.5 Å². The van der Waals surface area contributed by atoms with Crippen LogP contribution in [-0.2, 0) is 9.59 Å². The van der Waals surface area contributed by atoms with Gasteiger partial charge in [0.1, 0.15) is 11.5 Å². The van der Waals surface area contributed by atoms with E-state index < -0.39 is 5.92 Å². The first-order valence-corrected chi connectivity index (χ1v) is 9.78. The topological polar surface area (TPSA) is 79.5 Å². The van der Waals surface area contributed by atoms with Crippen molar-refractivity contribution >= 4 is 17.5 Å². The van der Waals surface area contributed by atoms with Crippen LogP contribution in [0.25, 0.3) is 0 Å². The summed E-state index contributed by atoms with van der Waals surface area (Å²) in [7, 11) is 0. The molecule has 1 heterocycles. The van der Waals surface area contributed by atoms with Crippen molar-refractivity contribution < 1.29 is 14.3 Å². The number of hydrazine groups is 1. The fraction of sp³-hybridized carbons (Fsp3) is 0.167. The summed E-state index contributed by atoms with van der Waals surface area (Å²) in [6, 6.07) is 20.8. The van der Waals surface area contributed by atoms with Crippen LogP contribution in [0.3, 0.4) is 0 Å². The Kier molecular flexibility index (Phi) is 5.39. The Labute approximate surface area is 175 Å². The molecule has 6 heteroatoms. The van der Waals surface area contributed by atoms with Gasteiger partial charge in [-0.15, -0.1) is 0 Å². The zero-order chi connectivity index (χ0) is 21.1. The smallest absolute Gasteiger partial charge is 0.257 e. The van der Waals surface area contributed by atoms with Gasteiger partial charge < -0.3 is 10.1 Å². The third-order valence-electron chi connectivity index (χ3n) is 5.09. The lowest BCUT2D eigenvalue weighted by Crippen LogP contribution is -2.46. The number of fused-ring (bicyclic) bond motifs is 2. The predicted molar refractivity (Wildman–Crippen MR) is 115 cm³/mol. The molecule has 0 atom stereocenters. The van der Waals surface area contributed by atoms with Crippen LogP contribution in [0.1, 0.15) is 28.2 Å². The third-order valence-corrected chi connectivity index (χ3v) is 5.09. The van der Waals surface area contributed by atoms with E-state index in [0.29, 0.717) is 11.5 Å². The number of aryl methyl sites for hydroxylation is 2. The van der Waals surface area contributed by atoms with E-state index >= 15 is 0 Å². The van der Waals surface area contributed by atoms with Crippen LogP contribution < -0.4 is 20.9 Å². The van der Waals surface area contributed by atoms with E-state index in [0.717, 1.165) is 27.9 Å². The fourth-order valence-electron chi connectivity index (χ4n) is 3.63. The van der Waals surface area contributed by atoms with Crippen LogP contribution in [0.15, 0.2) is 66.7 Å². The number of carbonyl (C=O) groups is 2. The summed E-state index contributed by atoms with van der Waals surface area (Å²) in [5.74, 6) is 0.0483. The molecule has 30 heavy (non-hydrogen) atoms. The molecule has 0 aliphatic carbocycles. The van der Waals surface area contributed by atoms with Crippen molar-refractivity contribution in [1.82, 2.24) is 10.9 Å². The molecule has 2 amide bonds. The molecule has 152 valence electrons. The highest BCUT2D eigenvalue weighted by Crippen LogP contribution is 2.43. The molecule has 3 N–H and O–H groups in total. The summed E-state index contributed by atoms with van der Waals surface area (Å²) in [5.41, 5.74) is 9.68. The van der Waals surface area contributed by atoms with E-state index in [-0.39, 0.29) is 18.4 Å². The van der Waals surface area contributed by atoms with E-state index in [2.05, 4.69) is 16.2 Å². The van der Waals surface area contributed by atoms with Gasteiger partial charge in [-0.25, -0.2) is 0 Å². The number of benzene rings is 3. The summed E-state index contributed by atoms with van der Waals surface area (Å²) in [6.45, 7) is 4.05. The van der Waals surface area contributed by atoms with Gasteiger partial charge >= 0.3 is 0 Å². The number of anilines is 1. The first-order chi connectivity index (χ1) is 14.5. The van der Waals surface area contributed by atoms with Crippen LogP contribution in [-0.4, -0.2) is 18.4 Å². The second kappa shape index (κ2) is 8.29. The lowest BCUT2D eigenvalue weighted by Gasteiger charge is -2.27. The second-order valence-corrected chi connectivity index (χ2v) is 7.32. The van der Waals surface area contributed by atoms with Crippen LogP contribution in [0.2, 0.25) is 0 Å². The lowest BCUT2D eigenvalue weighted by molar-refractivity contribution is -0.128. The number of ether oxygens (including phenoxy) is 1. The van der Waals surface area contributed by atoms with Crippen molar-refractivity contribution in [2.45, 2.75) is 19.8 Å². The van der Waals surface area contributed by atoms with Crippen molar-refractivity contribution in [2.24, 2.45) is 0 Å². The molecule has 0 radical (unpaired) electrons. The summed E-state index contributed by atoms with van der Waals surface area (Å²) in [6.07, 6.45) is 0. The van der Waals surface area contributed by atoms with E-state index in [9.17, 15) is 9.59 Å². The number of rotatable bonds is 4. The van der Waals surface area contributed by atoms with E-state index in [1.165, 1.54) is 0 Å². The van der Waals surface area contributed by atoms with E-state index in [4.69, 9.17) is 4.74 Å². The molecule has 3 aromatic rings. The average molecular weight is 401 g/mol. The van der Waals surface area contributed by atoms with Crippen LogP contribution >= 0.6 is 0 Å². The Morgan fingerprint density at radius 2 is 1.50 bits per heavy atom. The van der Waals surface area contributed by atoms with Crippen molar-refractivity contribution in [2.75, 3.05) is 11.9 Å². The van der Waals surface area contributed by atoms with E-state index in [1.54, 1.807) is 0 Å². The van der Waals surface area contributed by atoms with Crippen molar-refractivity contribution in [3.63, 3.8) is 0 Å². The van der Waals surface area contributed by atoms with Gasteiger partial charge in [-0.3, -0.25) is 20.4 Å². The molecular weight excluding hydrogens is 378 g/mol. The third kappa shape index (κ3) is 3.98. The quantitative estimate of drug-likeness (QED) is 0.581. The van der Waals surface area contributed by atoms with Gasteiger partial charge in [0.25, 0.3) is 11.8 Å². The molecular formula is C24H23N3O3. The van der Waals surface area contributed by atoms with Crippen molar-refractivity contribution in [1.29, 1.82) is 0 Å². The minimum Gasteiger partial charge on any atom is -0.457 e. The summed E-state index contributed by atoms with van der Waals surface area (Å²) in [5, 5.41) is 3.09. The Balaban J connectivity index is 1.42. The Morgan fingerprint density at radius 1 is 0.867 bits per heavy atom. The van der Waals surface area contributed by atoms with Crippen molar-refractivity contribution in [3.05, 3.63) is 89.0 Å². The largest absolute Gasteiger partial charge is 0.457 e. The Bertz CT molecular complexity index is 1060. The number of nitrogens with one attached hydrogen (secondary N) is 3. The average Bonchev–Trinajstić information content (AvgIpc) is 2.75. The molecule has 0 spiro atoms. The monoisotopic (exact) mass is 401 g/mol. The highest BCUT2D eigenvalue weighted by atomic mass is 16.5. The molecule has 6 nitrogen and oxygen atoms in total. The maximum absolute atomic E-state index is 13.0. The van der Waals surface area contributed by atoms with Gasteiger partial charge in [-0.2, -0.15) is 0 Å². The van der Waals surface area contributed by atoms with Gasteiger partial charge in [-0.05, 0) is 37.6 Å².